The second-order valence-corrected chi connectivity index (χ2v) is 7.01. The van der Waals surface area contributed by atoms with Gasteiger partial charge in [-0.25, -0.2) is 9.97 Å². The quantitative estimate of drug-likeness (QED) is 0.451. The third-order valence-corrected chi connectivity index (χ3v) is 5.64. The standard InChI is InChI=1S/C14H10Cl2N2S2/c1-2-8-7-9-12(19-8)17-14(16)18-13(9)20-11-6-4-3-5-10(11)15/h3-7H,2H2,1H3. The van der Waals surface area contributed by atoms with Crippen molar-refractivity contribution in [3.8, 4) is 0 Å². The van der Waals surface area contributed by atoms with E-state index in [1.165, 1.54) is 16.6 Å². The zero-order valence-corrected chi connectivity index (χ0v) is 13.7. The zero-order chi connectivity index (χ0) is 14.1. The number of nitrogens with zero attached hydrogens (tertiary/aromatic N) is 2. The molecule has 1 aromatic carbocycles. The lowest BCUT2D eigenvalue weighted by molar-refractivity contribution is 1.11. The minimum atomic E-state index is 0.275. The van der Waals surface area contributed by atoms with Crippen LogP contribution in [0, 0.1) is 0 Å². The number of rotatable bonds is 3. The van der Waals surface area contributed by atoms with Crippen molar-refractivity contribution in [1.29, 1.82) is 0 Å². The maximum Gasteiger partial charge on any atom is 0.224 e. The molecule has 102 valence electrons. The van der Waals surface area contributed by atoms with Crippen molar-refractivity contribution in [2.45, 2.75) is 23.3 Å². The highest BCUT2D eigenvalue weighted by Gasteiger charge is 2.13. The van der Waals surface area contributed by atoms with Crippen LogP contribution in [0.25, 0.3) is 10.2 Å². The molecule has 6 heteroatoms. The number of halogens is 2. The summed E-state index contributed by atoms with van der Waals surface area (Å²) in [5.41, 5.74) is 0. The van der Waals surface area contributed by atoms with E-state index in [9.17, 15) is 0 Å². The molecular formula is C14H10Cl2N2S2. The van der Waals surface area contributed by atoms with Crippen molar-refractivity contribution < 1.29 is 0 Å². The first kappa shape index (κ1) is 14.1. The van der Waals surface area contributed by atoms with Gasteiger partial charge < -0.3 is 0 Å². The number of hydrogen-bond acceptors (Lipinski definition) is 4. The molecule has 2 aromatic heterocycles. The maximum atomic E-state index is 6.20. The van der Waals surface area contributed by atoms with Crippen molar-refractivity contribution in [3.63, 3.8) is 0 Å². The lowest BCUT2D eigenvalue weighted by atomic mass is 10.3. The molecule has 0 amide bonds. The predicted molar refractivity (Wildman–Crippen MR) is 87.4 cm³/mol. The summed E-state index contributed by atoms with van der Waals surface area (Å²) in [6.07, 6.45) is 0.981. The van der Waals surface area contributed by atoms with Gasteiger partial charge in [-0.05, 0) is 36.2 Å². The predicted octanol–water partition coefficient (Wildman–Crippen LogP) is 5.71. The van der Waals surface area contributed by atoms with Gasteiger partial charge in [0.05, 0.1) is 5.02 Å². The number of aryl methyl sites for hydroxylation is 1. The van der Waals surface area contributed by atoms with Crippen LogP contribution < -0.4 is 0 Å². The van der Waals surface area contributed by atoms with Gasteiger partial charge in [0.15, 0.2) is 0 Å². The second-order valence-electron chi connectivity index (χ2n) is 4.12. The number of aromatic nitrogens is 2. The second kappa shape index (κ2) is 5.90. The zero-order valence-electron chi connectivity index (χ0n) is 10.6. The van der Waals surface area contributed by atoms with Crippen LogP contribution in [-0.4, -0.2) is 9.97 Å². The van der Waals surface area contributed by atoms with Crippen LogP contribution in [0.3, 0.4) is 0 Å². The molecule has 3 rings (SSSR count). The first-order chi connectivity index (χ1) is 9.67. The van der Waals surface area contributed by atoms with Gasteiger partial charge in [0.2, 0.25) is 5.28 Å². The van der Waals surface area contributed by atoms with Gasteiger partial charge in [0, 0.05) is 15.2 Å². The molecule has 0 aliphatic rings. The smallest absolute Gasteiger partial charge is 0.210 e. The Labute approximate surface area is 135 Å². The van der Waals surface area contributed by atoms with Crippen molar-refractivity contribution in [2.75, 3.05) is 0 Å². The Morgan fingerprint density at radius 1 is 1.20 bits per heavy atom. The van der Waals surface area contributed by atoms with Gasteiger partial charge in [-0.2, -0.15) is 0 Å². The van der Waals surface area contributed by atoms with Crippen LogP contribution in [0.5, 0.6) is 0 Å². The van der Waals surface area contributed by atoms with Gasteiger partial charge in [-0.3, -0.25) is 0 Å². The molecule has 2 nitrogen and oxygen atoms in total. The lowest BCUT2D eigenvalue weighted by Gasteiger charge is -2.04. The summed E-state index contributed by atoms with van der Waals surface area (Å²) in [5.74, 6) is 0. The van der Waals surface area contributed by atoms with Crippen LogP contribution in [0.4, 0.5) is 0 Å². The summed E-state index contributed by atoms with van der Waals surface area (Å²) < 4.78 is 0. The molecule has 0 atom stereocenters. The molecule has 0 aliphatic carbocycles. The molecule has 3 aromatic rings. The average molecular weight is 341 g/mol. The molecule has 0 saturated heterocycles. The number of thiophene rings is 1. The van der Waals surface area contributed by atoms with E-state index in [0.29, 0.717) is 5.02 Å². The van der Waals surface area contributed by atoms with E-state index >= 15 is 0 Å². The third kappa shape index (κ3) is 2.79. The number of benzene rings is 1. The fourth-order valence-corrected chi connectivity index (χ4v) is 4.27. The summed E-state index contributed by atoms with van der Waals surface area (Å²) in [5, 5.41) is 2.88. The molecule has 0 fully saturated rings. The molecule has 0 aliphatic heterocycles. The Kier molecular flexibility index (Phi) is 4.17. The van der Waals surface area contributed by atoms with Crippen LogP contribution in [-0.2, 0) is 6.42 Å². The van der Waals surface area contributed by atoms with E-state index in [0.717, 1.165) is 26.6 Å². The highest BCUT2D eigenvalue weighted by atomic mass is 35.5. The summed E-state index contributed by atoms with van der Waals surface area (Å²) in [6, 6.07) is 9.85. The van der Waals surface area contributed by atoms with Crippen LogP contribution in [0.15, 0.2) is 40.3 Å². The lowest BCUT2D eigenvalue weighted by Crippen LogP contribution is -1.86. The first-order valence-electron chi connectivity index (χ1n) is 6.05. The summed E-state index contributed by atoms with van der Waals surface area (Å²) >= 11 is 15.4. The van der Waals surface area contributed by atoms with E-state index in [-0.39, 0.29) is 5.28 Å². The SMILES string of the molecule is CCc1cc2c(Sc3ccccc3Cl)nc(Cl)nc2s1. The first-order valence-corrected chi connectivity index (χ1v) is 8.44. The summed E-state index contributed by atoms with van der Waals surface area (Å²) in [4.78, 5) is 11.8. The van der Waals surface area contributed by atoms with E-state index < -0.39 is 0 Å². The fourth-order valence-electron chi connectivity index (χ4n) is 1.80. The van der Waals surface area contributed by atoms with Gasteiger partial charge in [-0.15, -0.1) is 11.3 Å². The van der Waals surface area contributed by atoms with E-state index in [1.807, 2.05) is 24.3 Å². The molecule has 0 saturated carbocycles. The maximum absolute atomic E-state index is 6.20. The molecule has 20 heavy (non-hydrogen) atoms. The van der Waals surface area contributed by atoms with E-state index in [1.54, 1.807) is 11.3 Å². The average Bonchev–Trinajstić information content (AvgIpc) is 2.84. The minimum absolute atomic E-state index is 0.275. The molecule has 0 radical (unpaired) electrons. The topological polar surface area (TPSA) is 25.8 Å². The molecule has 0 bridgehead atoms. The highest BCUT2D eigenvalue weighted by Crippen LogP contribution is 2.38. The highest BCUT2D eigenvalue weighted by molar-refractivity contribution is 7.99. The molecule has 0 N–H and O–H groups in total. The largest absolute Gasteiger partial charge is 0.224 e. The van der Waals surface area contributed by atoms with E-state index in [2.05, 4.69) is 23.0 Å². The molecular weight excluding hydrogens is 331 g/mol. The molecule has 0 spiro atoms. The van der Waals surface area contributed by atoms with Crippen molar-refractivity contribution >= 4 is 56.5 Å². The van der Waals surface area contributed by atoms with Crippen LogP contribution >= 0.6 is 46.3 Å². The fraction of sp³-hybridized carbons (Fsp3) is 0.143. The molecule has 0 unspecified atom stereocenters. The van der Waals surface area contributed by atoms with Crippen LogP contribution in [0.2, 0.25) is 10.3 Å². The van der Waals surface area contributed by atoms with Gasteiger partial charge >= 0.3 is 0 Å². The third-order valence-electron chi connectivity index (χ3n) is 2.77. The Bertz CT molecular complexity index is 771. The Morgan fingerprint density at radius 2 is 2.00 bits per heavy atom. The van der Waals surface area contributed by atoms with Crippen molar-refractivity contribution in [2.24, 2.45) is 0 Å². The van der Waals surface area contributed by atoms with Gasteiger partial charge in [-0.1, -0.05) is 42.4 Å². The Balaban J connectivity index is 2.11. The van der Waals surface area contributed by atoms with E-state index in [4.69, 9.17) is 23.2 Å². The van der Waals surface area contributed by atoms with Crippen LogP contribution in [0.1, 0.15) is 11.8 Å². The normalized spacial score (nSPS) is 11.2. The Morgan fingerprint density at radius 3 is 2.75 bits per heavy atom. The minimum Gasteiger partial charge on any atom is -0.210 e. The van der Waals surface area contributed by atoms with Crippen molar-refractivity contribution in [3.05, 3.63) is 45.5 Å². The van der Waals surface area contributed by atoms with Gasteiger partial charge in [0.1, 0.15) is 9.86 Å². The van der Waals surface area contributed by atoms with Crippen molar-refractivity contribution in [1.82, 2.24) is 9.97 Å². The molecule has 2 heterocycles. The van der Waals surface area contributed by atoms with Gasteiger partial charge in [0.25, 0.3) is 0 Å². The Hall–Kier alpha value is -0.810. The summed E-state index contributed by atoms with van der Waals surface area (Å²) in [6.45, 7) is 2.13. The number of fused-ring (bicyclic) bond motifs is 1. The monoisotopic (exact) mass is 340 g/mol. The summed E-state index contributed by atoms with van der Waals surface area (Å²) in [7, 11) is 0. The number of hydrogen-bond donors (Lipinski definition) is 0.